The average molecular weight is 438 g/mol. The Morgan fingerprint density at radius 3 is 2.38 bits per heavy atom. The Bertz CT molecular complexity index is 504. The molecule has 9 heteroatoms. The second kappa shape index (κ2) is 10.6. The summed E-state index contributed by atoms with van der Waals surface area (Å²) in [6.07, 6.45) is 3.64. The number of nitrogens with zero attached hydrogens (tertiary/aromatic N) is 2. The van der Waals surface area contributed by atoms with E-state index >= 15 is 0 Å². The first-order chi connectivity index (χ1) is 10.7. The molecule has 2 fully saturated rings. The number of ether oxygens (including phenoxy) is 1. The van der Waals surface area contributed by atoms with Gasteiger partial charge in [-0.05, 0) is 18.8 Å². The molecule has 0 spiro atoms. The van der Waals surface area contributed by atoms with Crippen molar-refractivity contribution < 1.29 is 4.74 Å². The molecule has 0 aromatic carbocycles. The highest BCUT2D eigenvalue weighted by molar-refractivity contribution is 6.43. The molecular weight excluding hydrogens is 415 g/mol. The minimum atomic E-state index is 0. The maximum atomic E-state index is 6.48. The summed E-state index contributed by atoms with van der Waals surface area (Å²) in [5, 5.41) is 4.81. The maximum Gasteiger partial charge on any atom is 0.148 e. The molecule has 0 radical (unpaired) electrons. The molecule has 1 N–H and O–H groups in total. The summed E-state index contributed by atoms with van der Waals surface area (Å²) in [5.74, 6) is 0.473. The summed E-state index contributed by atoms with van der Waals surface area (Å²) < 4.78 is 5.52. The van der Waals surface area contributed by atoms with Crippen molar-refractivity contribution >= 4 is 59.6 Å². The lowest BCUT2D eigenvalue weighted by atomic mass is 9.86. The van der Waals surface area contributed by atoms with Gasteiger partial charge in [0.05, 0.1) is 10.0 Å². The fourth-order valence-corrected chi connectivity index (χ4v) is 4.15. The van der Waals surface area contributed by atoms with Gasteiger partial charge in [0.25, 0.3) is 0 Å². The highest BCUT2D eigenvalue weighted by atomic mass is 35.5. The standard InChI is InChI=1S/C15H20Cl3N3O.2ClH/c16-11-9-20-15(18)13(17)12(11)14(10-1-7-22-8-2-10)21-5-3-19-4-6-21;;/h9-10,14,19H,1-8H2;2*1H/t14-;;/m1../s1. The fourth-order valence-electron chi connectivity index (χ4n) is 3.43. The molecular formula is C15H22Cl5N3O. The van der Waals surface area contributed by atoms with Crippen LogP contribution < -0.4 is 5.32 Å². The molecule has 0 bridgehead atoms. The average Bonchev–Trinajstić information content (AvgIpc) is 2.57. The van der Waals surface area contributed by atoms with Crippen LogP contribution in [0, 0.1) is 5.92 Å². The number of hydrogen-bond acceptors (Lipinski definition) is 4. The maximum absolute atomic E-state index is 6.48. The van der Waals surface area contributed by atoms with Gasteiger partial charge in [-0.1, -0.05) is 34.8 Å². The van der Waals surface area contributed by atoms with Crippen molar-refractivity contribution in [3.05, 3.63) is 27.0 Å². The number of hydrogen-bond donors (Lipinski definition) is 1. The zero-order chi connectivity index (χ0) is 15.5. The van der Waals surface area contributed by atoms with Crippen molar-refractivity contribution in [2.45, 2.75) is 18.9 Å². The van der Waals surface area contributed by atoms with E-state index in [2.05, 4.69) is 15.2 Å². The van der Waals surface area contributed by atoms with E-state index < -0.39 is 0 Å². The number of pyridine rings is 1. The van der Waals surface area contributed by atoms with E-state index in [1.54, 1.807) is 6.20 Å². The Kier molecular flexibility index (Phi) is 9.93. The van der Waals surface area contributed by atoms with Crippen molar-refractivity contribution in [2.24, 2.45) is 5.92 Å². The van der Waals surface area contributed by atoms with Crippen LogP contribution in [0.4, 0.5) is 0 Å². The Morgan fingerprint density at radius 1 is 1.12 bits per heavy atom. The molecule has 24 heavy (non-hydrogen) atoms. The molecule has 1 atom stereocenters. The number of aromatic nitrogens is 1. The van der Waals surface area contributed by atoms with Gasteiger partial charge in [-0.15, -0.1) is 24.8 Å². The molecule has 1 aromatic heterocycles. The van der Waals surface area contributed by atoms with Crippen molar-refractivity contribution in [3.63, 3.8) is 0 Å². The lowest BCUT2D eigenvalue weighted by Gasteiger charge is -2.41. The molecule has 3 heterocycles. The van der Waals surface area contributed by atoms with Gasteiger partial charge in [-0.25, -0.2) is 4.98 Å². The molecule has 1 aromatic rings. The summed E-state index contributed by atoms with van der Waals surface area (Å²) in [5.41, 5.74) is 0.928. The first-order valence-electron chi connectivity index (χ1n) is 7.70. The molecule has 2 saturated heterocycles. The van der Waals surface area contributed by atoms with E-state index in [1.807, 2.05) is 0 Å². The van der Waals surface area contributed by atoms with Gasteiger partial charge in [-0.3, -0.25) is 4.90 Å². The number of piperazine rings is 1. The molecule has 4 nitrogen and oxygen atoms in total. The van der Waals surface area contributed by atoms with Gasteiger partial charge in [-0.2, -0.15) is 0 Å². The van der Waals surface area contributed by atoms with Gasteiger partial charge in [0.15, 0.2) is 0 Å². The monoisotopic (exact) mass is 435 g/mol. The minimum Gasteiger partial charge on any atom is -0.381 e. The van der Waals surface area contributed by atoms with Crippen LogP contribution in [-0.2, 0) is 4.74 Å². The lowest BCUT2D eigenvalue weighted by molar-refractivity contribution is 0.0213. The SMILES string of the molecule is Cl.Cl.Clc1cnc(Cl)c(Cl)c1[C@@H](C1CCOCC1)N1CCNCC1. The summed E-state index contributed by atoms with van der Waals surface area (Å²) in [7, 11) is 0. The van der Waals surface area contributed by atoms with E-state index in [4.69, 9.17) is 39.5 Å². The molecule has 138 valence electrons. The predicted octanol–water partition coefficient (Wildman–Crippen LogP) is 4.26. The van der Waals surface area contributed by atoms with Gasteiger partial charge < -0.3 is 10.1 Å². The van der Waals surface area contributed by atoms with Crippen LogP contribution in [0.3, 0.4) is 0 Å². The third-order valence-electron chi connectivity index (χ3n) is 4.52. The molecule has 0 amide bonds. The normalized spacial score (nSPS) is 20.8. The predicted molar refractivity (Wildman–Crippen MR) is 104 cm³/mol. The zero-order valence-electron chi connectivity index (χ0n) is 13.1. The van der Waals surface area contributed by atoms with E-state index in [-0.39, 0.29) is 30.9 Å². The second-order valence-corrected chi connectivity index (χ2v) is 6.95. The lowest BCUT2D eigenvalue weighted by Crippen LogP contribution is -2.47. The van der Waals surface area contributed by atoms with Gasteiger partial charge in [0.1, 0.15) is 5.15 Å². The van der Waals surface area contributed by atoms with Crippen molar-refractivity contribution in [3.8, 4) is 0 Å². The summed E-state index contributed by atoms with van der Waals surface area (Å²) in [6, 6.07) is 0.173. The molecule has 2 aliphatic heterocycles. The zero-order valence-corrected chi connectivity index (χ0v) is 17.0. The van der Waals surface area contributed by atoms with Gasteiger partial charge in [0, 0.05) is 57.2 Å². The van der Waals surface area contributed by atoms with Gasteiger partial charge >= 0.3 is 0 Å². The topological polar surface area (TPSA) is 37.4 Å². The first kappa shape index (κ1) is 22.5. The fraction of sp³-hybridized carbons (Fsp3) is 0.667. The molecule has 0 aliphatic carbocycles. The van der Waals surface area contributed by atoms with Crippen LogP contribution in [0.25, 0.3) is 0 Å². The smallest absolute Gasteiger partial charge is 0.148 e. The quantitative estimate of drug-likeness (QED) is 0.717. The number of rotatable bonds is 3. The minimum absolute atomic E-state index is 0. The number of nitrogens with one attached hydrogen (secondary N) is 1. The summed E-state index contributed by atoms with van der Waals surface area (Å²) in [4.78, 5) is 6.53. The van der Waals surface area contributed by atoms with E-state index in [0.717, 1.165) is 57.8 Å². The van der Waals surface area contributed by atoms with E-state index in [0.29, 0.717) is 21.1 Å². The Morgan fingerprint density at radius 2 is 1.75 bits per heavy atom. The van der Waals surface area contributed by atoms with Gasteiger partial charge in [0.2, 0.25) is 0 Å². The van der Waals surface area contributed by atoms with Crippen LogP contribution in [0.2, 0.25) is 15.2 Å². The van der Waals surface area contributed by atoms with Crippen molar-refractivity contribution in [1.29, 1.82) is 0 Å². The van der Waals surface area contributed by atoms with Crippen LogP contribution in [0.5, 0.6) is 0 Å². The molecule has 0 unspecified atom stereocenters. The molecule has 2 aliphatic rings. The first-order valence-corrected chi connectivity index (χ1v) is 8.83. The van der Waals surface area contributed by atoms with Crippen molar-refractivity contribution in [1.82, 2.24) is 15.2 Å². The van der Waals surface area contributed by atoms with E-state index in [1.165, 1.54) is 0 Å². The van der Waals surface area contributed by atoms with Crippen molar-refractivity contribution in [2.75, 3.05) is 39.4 Å². The third kappa shape index (κ3) is 5.01. The number of halogens is 5. The van der Waals surface area contributed by atoms with E-state index in [9.17, 15) is 0 Å². The Balaban J connectivity index is 0.00000144. The molecule has 0 saturated carbocycles. The summed E-state index contributed by atoms with van der Waals surface area (Å²) >= 11 is 19.1. The van der Waals surface area contributed by atoms with Crippen LogP contribution in [0.15, 0.2) is 6.20 Å². The van der Waals surface area contributed by atoms with Crippen LogP contribution in [0.1, 0.15) is 24.4 Å². The Hall–Kier alpha value is 0.480. The highest BCUT2D eigenvalue weighted by Crippen LogP contribution is 2.43. The molecule has 3 rings (SSSR count). The largest absolute Gasteiger partial charge is 0.381 e. The third-order valence-corrected chi connectivity index (χ3v) is 5.59. The highest BCUT2D eigenvalue weighted by Gasteiger charge is 2.34. The van der Waals surface area contributed by atoms with Crippen LogP contribution >= 0.6 is 59.6 Å². The van der Waals surface area contributed by atoms with Crippen LogP contribution in [-0.4, -0.2) is 49.3 Å². The second-order valence-electron chi connectivity index (χ2n) is 5.81. The summed E-state index contributed by atoms with van der Waals surface area (Å²) in [6.45, 7) is 5.51. The Labute approximate surface area is 170 Å².